The van der Waals surface area contributed by atoms with E-state index in [2.05, 4.69) is 20.5 Å². The van der Waals surface area contributed by atoms with Crippen LogP contribution < -0.4 is 5.43 Å². The minimum Gasteiger partial charge on any atom is -0.393 e. The Kier molecular flexibility index (Phi) is 4.05. The Labute approximate surface area is 119 Å². The van der Waals surface area contributed by atoms with Crippen LogP contribution in [0.3, 0.4) is 0 Å². The zero-order valence-electron chi connectivity index (χ0n) is 11.9. The lowest BCUT2D eigenvalue weighted by molar-refractivity contribution is 0.0354. The predicted octanol–water partition coefficient (Wildman–Crippen LogP) is 2.92. The molecule has 0 bridgehead atoms. The van der Waals surface area contributed by atoms with Gasteiger partial charge < -0.3 is 10.1 Å². The van der Waals surface area contributed by atoms with Crippen molar-refractivity contribution < 1.29 is 5.11 Å². The minimum atomic E-state index is -0.0441. The second kappa shape index (κ2) is 5.95. The first-order valence-corrected chi connectivity index (χ1v) is 7.72. The summed E-state index contributed by atoms with van der Waals surface area (Å²) in [6.07, 6.45) is 14.9. The zero-order chi connectivity index (χ0) is 13.8. The number of aromatic nitrogens is 2. The fourth-order valence-electron chi connectivity index (χ4n) is 3.65. The SMILES string of the molecule is OC1CCC2(CC1)CCC(/C=N/Nc1ncc[nH]1)CC2. The number of aliphatic hydroxyl groups is 1. The largest absolute Gasteiger partial charge is 0.393 e. The third kappa shape index (κ3) is 3.20. The molecule has 2 aliphatic rings. The number of hydrazone groups is 1. The quantitative estimate of drug-likeness (QED) is 0.587. The second-order valence-corrected chi connectivity index (χ2v) is 6.40. The van der Waals surface area contributed by atoms with E-state index in [4.69, 9.17) is 0 Å². The first-order chi connectivity index (χ1) is 9.76. The van der Waals surface area contributed by atoms with E-state index in [0.29, 0.717) is 17.3 Å². The molecule has 0 radical (unpaired) electrons. The third-order valence-corrected chi connectivity index (χ3v) is 5.06. The van der Waals surface area contributed by atoms with Crippen LogP contribution in [0.15, 0.2) is 17.5 Å². The minimum absolute atomic E-state index is 0.0441. The molecule has 2 fully saturated rings. The van der Waals surface area contributed by atoms with Gasteiger partial charge in [-0.15, -0.1) is 0 Å². The molecule has 0 amide bonds. The molecule has 3 rings (SSSR count). The smallest absolute Gasteiger partial charge is 0.220 e. The number of aliphatic hydroxyl groups excluding tert-OH is 1. The van der Waals surface area contributed by atoms with Gasteiger partial charge in [0.25, 0.3) is 0 Å². The third-order valence-electron chi connectivity index (χ3n) is 5.06. The molecule has 0 atom stereocenters. The van der Waals surface area contributed by atoms with E-state index in [1.807, 2.05) is 6.21 Å². The van der Waals surface area contributed by atoms with Crippen molar-refractivity contribution >= 4 is 12.2 Å². The van der Waals surface area contributed by atoms with Crippen molar-refractivity contribution in [3.8, 4) is 0 Å². The highest BCUT2D eigenvalue weighted by molar-refractivity contribution is 5.61. The highest BCUT2D eigenvalue weighted by atomic mass is 16.3. The lowest BCUT2D eigenvalue weighted by Crippen LogP contribution is -2.33. The highest BCUT2D eigenvalue weighted by Gasteiger charge is 2.37. The van der Waals surface area contributed by atoms with Gasteiger partial charge in [-0.2, -0.15) is 5.10 Å². The number of nitrogens with one attached hydrogen (secondary N) is 2. The molecule has 3 N–H and O–H groups in total. The normalized spacial score (nSPS) is 34.6. The van der Waals surface area contributed by atoms with Crippen LogP contribution in [0.5, 0.6) is 0 Å². The van der Waals surface area contributed by atoms with Crippen molar-refractivity contribution in [2.75, 3.05) is 5.43 Å². The Hall–Kier alpha value is -1.36. The number of hydrogen-bond donors (Lipinski definition) is 3. The fraction of sp³-hybridized carbons (Fsp3) is 0.733. The van der Waals surface area contributed by atoms with Crippen LogP contribution in [0.1, 0.15) is 51.4 Å². The van der Waals surface area contributed by atoms with E-state index >= 15 is 0 Å². The number of aromatic amines is 1. The molecule has 0 aromatic carbocycles. The number of H-pyrrole nitrogens is 1. The number of imidazole rings is 1. The Morgan fingerprint density at radius 2 is 1.95 bits per heavy atom. The number of anilines is 1. The molecular weight excluding hydrogens is 252 g/mol. The summed E-state index contributed by atoms with van der Waals surface area (Å²) in [6.45, 7) is 0. The van der Waals surface area contributed by atoms with Gasteiger partial charge in [0, 0.05) is 18.6 Å². The van der Waals surface area contributed by atoms with Gasteiger partial charge in [-0.3, -0.25) is 0 Å². The maximum atomic E-state index is 9.64. The van der Waals surface area contributed by atoms with Crippen molar-refractivity contribution in [1.82, 2.24) is 9.97 Å². The lowest BCUT2D eigenvalue weighted by Gasteiger charge is -2.43. The van der Waals surface area contributed by atoms with Crippen LogP contribution in [0.25, 0.3) is 0 Å². The first-order valence-electron chi connectivity index (χ1n) is 7.72. The summed E-state index contributed by atoms with van der Waals surface area (Å²) in [7, 11) is 0. The molecule has 0 unspecified atom stereocenters. The van der Waals surface area contributed by atoms with Crippen molar-refractivity contribution in [3.05, 3.63) is 12.4 Å². The summed E-state index contributed by atoms with van der Waals surface area (Å²) in [4.78, 5) is 7.04. The summed E-state index contributed by atoms with van der Waals surface area (Å²) in [5, 5.41) is 13.9. The van der Waals surface area contributed by atoms with Gasteiger partial charge >= 0.3 is 0 Å². The van der Waals surface area contributed by atoms with Gasteiger partial charge in [0.2, 0.25) is 5.95 Å². The molecule has 2 aliphatic carbocycles. The van der Waals surface area contributed by atoms with E-state index in [0.717, 1.165) is 12.8 Å². The number of rotatable bonds is 3. The van der Waals surface area contributed by atoms with Gasteiger partial charge in [-0.25, -0.2) is 10.4 Å². The first kappa shape index (κ1) is 13.6. The molecule has 1 heterocycles. The molecule has 1 spiro atoms. The topological polar surface area (TPSA) is 73.3 Å². The molecule has 110 valence electrons. The number of hydrogen-bond acceptors (Lipinski definition) is 4. The van der Waals surface area contributed by atoms with E-state index in [-0.39, 0.29) is 6.10 Å². The van der Waals surface area contributed by atoms with Crippen molar-refractivity contribution in [3.63, 3.8) is 0 Å². The molecule has 0 aliphatic heterocycles. The van der Waals surface area contributed by atoms with Crippen LogP contribution in [-0.4, -0.2) is 27.4 Å². The highest BCUT2D eigenvalue weighted by Crippen LogP contribution is 2.48. The van der Waals surface area contributed by atoms with Crippen LogP contribution in [0.4, 0.5) is 5.95 Å². The summed E-state index contributed by atoms with van der Waals surface area (Å²) in [6, 6.07) is 0. The molecule has 20 heavy (non-hydrogen) atoms. The maximum absolute atomic E-state index is 9.64. The molecule has 1 aromatic rings. The van der Waals surface area contributed by atoms with Crippen molar-refractivity contribution in [1.29, 1.82) is 0 Å². The standard InChI is InChI=1S/C15H24N4O/c20-13-3-7-15(8-4-13)5-1-12(2-6-15)11-18-19-14-16-9-10-17-14/h9-13,20H,1-8H2,(H2,16,17,19)/b18-11+. The summed E-state index contributed by atoms with van der Waals surface area (Å²) in [5.74, 6) is 1.27. The summed E-state index contributed by atoms with van der Waals surface area (Å²) in [5.41, 5.74) is 3.44. The van der Waals surface area contributed by atoms with Gasteiger partial charge in [-0.05, 0) is 62.7 Å². The number of nitrogens with zero attached hydrogens (tertiary/aromatic N) is 2. The van der Waals surface area contributed by atoms with Crippen molar-refractivity contribution in [2.45, 2.75) is 57.5 Å². The monoisotopic (exact) mass is 276 g/mol. The fourth-order valence-corrected chi connectivity index (χ4v) is 3.65. The molecule has 1 aromatic heterocycles. The van der Waals surface area contributed by atoms with Gasteiger partial charge in [0.05, 0.1) is 6.10 Å². The molecular formula is C15H24N4O. The summed E-state index contributed by atoms with van der Waals surface area (Å²) < 4.78 is 0. The Morgan fingerprint density at radius 1 is 1.25 bits per heavy atom. The van der Waals surface area contributed by atoms with Crippen molar-refractivity contribution in [2.24, 2.45) is 16.4 Å². The average Bonchev–Trinajstić information content (AvgIpc) is 2.98. The molecule has 5 nitrogen and oxygen atoms in total. The van der Waals surface area contributed by atoms with E-state index in [1.165, 1.54) is 38.5 Å². The summed E-state index contributed by atoms with van der Waals surface area (Å²) >= 11 is 0. The molecule has 2 saturated carbocycles. The Balaban J connectivity index is 1.45. The van der Waals surface area contributed by atoms with Crippen LogP contribution >= 0.6 is 0 Å². The predicted molar refractivity (Wildman–Crippen MR) is 79.6 cm³/mol. The lowest BCUT2D eigenvalue weighted by atomic mass is 9.63. The maximum Gasteiger partial charge on any atom is 0.220 e. The van der Waals surface area contributed by atoms with Crippen LogP contribution in [0, 0.1) is 11.3 Å². The van der Waals surface area contributed by atoms with E-state index in [9.17, 15) is 5.11 Å². The molecule has 0 saturated heterocycles. The molecule has 5 heteroatoms. The average molecular weight is 276 g/mol. The van der Waals surface area contributed by atoms with E-state index < -0.39 is 0 Å². The Bertz CT molecular complexity index is 425. The van der Waals surface area contributed by atoms with Gasteiger partial charge in [0.1, 0.15) is 0 Å². The van der Waals surface area contributed by atoms with Crippen LogP contribution in [-0.2, 0) is 0 Å². The Morgan fingerprint density at radius 3 is 2.60 bits per heavy atom. The van der Waals surface area contributed by atoms with Gasteiger partial charge in [-0.1, -0.05) is 0 Å². The van der Waals surface area contributed by atoms with Crippen LogP contribution in [0.2, 0.25) is 0 Å². The second-order valence-electron chi connectivity index (χ2n) is 6.40. The van der Waals surface area contributed by atoms with E-state index in [1.54, 1.807) is 12.4 Å². The van der Waals surface area contributed by atoms with Gasteiger partial charge in [0.15, 0.2) is 0 Å². The zero-order valence-corrected chi connectivity index (χ0v) is 11.9.